The average Bonchev–Trinajstić information content (AvgIpc) is 2.88. The first-order valence-electron chi connectivity index (χ1n) is 15.9. The van der Waals surface area contributed by atoms with Crippen LogP contribution in [0.5, 0.6) is 11.5 Å². The molecule has 4 atom stereocenters. The smallest absolute Gasteiger partial charge is 0.115 e. The fourth-order valence-electron chi connectivity index (χ4n) is 11.2. The van der Waals surface area contributed by atoms with E-state index in [1.54, 1.807) is 43.5 Å². The molecule has 8 aliphatic carbocycles. The normalized spacial score (nSPS) is 42.3. The van der Waals surface area contributed by atoms with E-state index in [0.29, 0.717) is 26.7 Å². The van der Waals surface area contributed by atoms with Gasteiger partial charge in [-0.15, -0.1) is 0 Å². The first-order valence-corrected chi connectivity index (χ1v) is 16.7. The van der Waals surface area contributed by atoms with E-state index in [1.807, 2.05) is 18.2 Å². The summed E-state index contributed by atoms with van der Waals surface area (Å²) in [5.74, 6) is 4.80. The molecule has 0 amide bonds. The zero-order valence-corrected chi connectivity index (χ0v) is 25.8. The van der Waals surface area contributed by atoms with Crippen LogP contribution in [-0.2, 0) is 5.41 Å². The summed E-state index contributed by atoms with van der Waals surface area (Å²) in [6.45, 7) is 4.81. The highest BCUT2D eigenvalue weighted by molar-refractivity contribution is 9.10. The van der Waals surface area contributed by atoms with Crippen molar-refractivity contribution in [2.24, 2.45) is 34.5 Å². The second-order valence-electron chi connectivity index (χ2n) is 14.9. The monoisotopic (exact) mass is 592 g/mol. The predicted octanol–water partition coefficient (Wildman–Crippen LogP) is 10.2. The molecule has 0 aliphatic heterocycles. The van der Waals surface area contributed by atoms with Crippen LogP contribution < -0.4 is 0 Å². The van der Waals surface area contributed by atoms with Gasteiger partial charge in [0.1, 0.15) is 11.5 Å². The van der Waals surface area contributed by atoms with E-state index in [0.717, 1.165) is 29.1 Å². The Labute approximate surface area is 245 Å². The highest BCUT2D eigenvalue weighted by Crippen LogP contribution is 2.67. The molecule has 4 unspecified atom stereocenters. The van der Waals surface area contributed by atoms with E-state index in [1.165, 1.54) is 76.2 Å². The van der Waals surface area contributed by atoms with Crippen molar-refractivity contribution in [2.45, 2.75) is 113 Å². The Morgan fingerprint density at radius 1 is 0.615 bits per heavy atom. The van der Waals surface area contributed by atoms with E-state index in [-0.39, 0.29) is 0 Å². The number of aromatic hydroxyl groups is 2. The first-order chi connectivity index (χ1) is 18.7. The van der Waals surface area contributed by atoms with Crippen LogP contribution >= 0.6 is 15.9 Å². The fraction of sp³-hybridized carbons (Fsp3) is 0.667. The van der Waals surface area contributed by atoms with Crippen LogP contribution in [0.2, 0.25) is 0 Å². The maximum atomic E-state index is 9.54. The molecule has 39 heavy (non-hydrogen) atoms. The van der Waals surface area contributed by atoms with Gasteiger partial charge in [0.15, 0.2) is 0 Å². The zero-order chi connectivity index (χ0) is 27.3. The van der Waals surface area contributed by atoms with Crippen molar-refractivity contribution in [3.8, 4) is 11.5 Å². The molecule has 3 heteroatoms. The Bertz CT molecular complexity index is 1100. The topological polar surface area (TPSA) is 40.5 Å². The second kappa shape index (κ2) is 10.4. The van der Waals surface area contributed by atoms with Gasteiger partial charge in [-0.3, -0.25) is 0 Å². The molecule has 8 aliphatic rings. The van der Waals surface area contributed by atoms with Crippen molar-refractivity contribution in [3.63, 3.8) is 0 Å². The van der Waals surface area contributed by atoms with Crippen LogP contribution in [0, 0.1) is 34.5 Å². The van der Waals surface area contributed by atoms with Gasteiger partial charge in [-0.25, -0.2) is 0 Å². The molecular weight excluding hydrogens is 544 g/mol. The summed E-state index contributed by atoms with van der Waals surface area (Å²) in [5.41, 5.74) is 3.33. The lowest BCUT2D eigenvalue weighted by Gasteiger charge is -2.62. The highest BCUT2D eigenvalue weighted by Gasteiger charge is 2.57. The van der Waals surface area contributed by atoms with Crippen molar-refractivity contribution in [3.05, 3.63) is 60.2 Å². The lowest BCUT2D eigenvalue weighted by molar-refractivity contribution is -0.0738. The average molecular weight is 594 g/mol. The van der Waals surface area contributed by atoms with Crippen molar-refractivity contribution in [2.75, 3.05) is 0 Å². The van der Waals surface area contributed by atoms with Gasteiger partial charge in [-0.2, -0.15) is 0 Å². The molecule has 0 aromatic heterocycles. The Morgan fingerprint density at radius 3 is 1.51 bits per heavy atom. The summed E-state index contributed by atoms with van der Waals surface area (Å²) in [5, 5.41) is 18.2. The van der Waals surface area contributed by atoms with Gasteiger partial charge in [-0.05, 0) is 147 Å². The van der Waals surface area contributed by atoms with Crippen molar-refractivity contribution in [1.82, 2.24) is 0 Å². The Balaban J connectivity index is 0.000000119. The first kappa shape index (κ1) is 27.7. The standard InChI is InChI=1S/C18H24O.C12H19Br.C6H6O/c1-2-17-8-13-7-14(9-17)11-18(10-13,12-17)15-3-5-16(19)6-4-15;1-2-11-4-9-3-10(5-11)7-12(13,6-9)8-11;7-6-4-2-1-3-5-6/h3-6,13-14,19H,2,7-12H2,1H3;9-10H,2-8H2,1H3;1-5,7H. The van der Waals surface area contributed by atoms with Crippen molar-refractivity contribution >= 4 is 15.9 Å². The van der Waals surface area contributed by atoms with E-state index in [9.17, 15) is 5.11 Å². The van der Waals surface area contributed by atoms with Crippen LogP contribution in [0.15, 0.2) is 54.6 Å². The third kappa shape index (κ3) is 5.55. The van der Waals surface area contributed by atoms with E-state index < -0.39 is 0 Å². The number of rotatable bonds is 3. The highest BCUT2D eigenvalue weighted by atomic mass is 79.9. The molecule has 8 bridgehead atoms. The lowest BCUT2D eigenvalue weighted by Crippen LogP contribution is -2.53. The number of phenolic OH excluding ortho intramolecular Hbond substituents is 2. The van der Waals surface area contributed by atoms with Crippen LogP contribution in [0.1, 0.15) is 109 Å². The SMILES string of the molecule is CCC12CC3CC(C1)CC(c1ccc(O)cc1)(C3)C2.CCC12CC3CC(CC(Br)(C3)C1)C2.Oc1ccccc1. The van der Waals surface area contributed by atoms with Crippen LogP contribution in [0.4, 0.5) is 0 Å². The number of hydrogen-bond donors (Lipinski definition) is 2. The minimum Gasteiger partial charge on any atom is -0.508 e. The summed E-state index contributed by atoms with van der Waals surface area (Å²) < 4.78 is 0.576. The maximum Gasteiger partial charge on any atom is 0.115 e. The van der Waals surface area contributed by atoms with Gasteiger partial charge in [0.2, 0.25) is 0 Å². The van der Waals surface area contributed by atoms with Gasteiger partial charge in [0.05, 0.1) is 0 Å². The molecule has 0 saturated heterocycles. The quantitative estimate of drug-likeness (QED) is 0.348. The molecule has 0 heterocycles. The van der Waals surface area contributed by atoms with Crippen molar-refractivity contribution in [1.29, 1.82) is 0 Å². The molecule has 2 nitrogen and oxygen atoms in total. The van der Waals surface area contributed by atoms with E-state index in [2.05, 4.69) is 41.9 Å². The molecule has 2 aromatic carbocycles. The number of phenols is 2. The molecule has 2 aromatic rings. The number of alkyl halides is 1. The minimum atomic E-state index is 0.322. The lowest BCUT2D eigenvalue weighted by atomic mass is 9.42. The summed E-state index contributed by atoms with van der Waals surface area (Å²) >= 11 is 4.03. The molecule has 212 valence electrons. The van der Waals surface area contributed by atoms with Gasteiger partial charge < -0.3 is 10.2 Å². The predicted molar refractivity (Wildman–Crippen MR) is 164 cm³/mol. The Hall–Kier alpha value is -1.48. The number of benzene rings is 2. The molecular formula is C36H49BrO2. The van der Waals surface area contributed by atoms with Crippen LogP contribution in [0.25, 0.3) is 0 Å². The molecule has 8 fully saturated rings. The fourth-order valence-corrected chi connectivity index (χ4v) is 12.7. The second-order valence-corrected chi connectivity index (χ2v) is 16.6. The van der Waals surface area contributed by atoms with Crippen LogP contribution in [-0.4, -0.2) is 14.5 Å². The Kier molecular flexibility index (Phi) is 7.39. The molecule has 2 N–H and O–H groups in total. The summed E-state index contributed by atoms with van der Waals surface area (Å²) in [6.07, 6.45) is 20.5. The van der Waals surface area contributed by atoms with Crippen LogP contribution in [0.3, 0.4) is 0 Å². The molecule has 10 rings (SSSR count). The zero-order valence-electron chi connectivity index (χ0n) is 24.2. The van der Waals surface area contributed by atoms with Gasteiger partial charge in [0, 0.05) is 4.32 Å². The largest absolute Gasteiger partial charge is 0.508 e. The molecule has 8 saturated carbocycles. The van der Waals surface area contributed by atoms with Gasteiger partial charge >= 0.3 is 0 Å². The number of hydrogen-bond acceptors (Lipinski definition) is 2. The third-order valence-corrected chi connectivity index (χ3v) is 13.0. The third-order valence-electron chi connectivity index (χ3n) is 12.0. The summed E-state index contributed by atoms with van der Waals surface area (Å²) in [4.78, 5) is 0. The van der Waals surface area contributed by atoms with E-state index in [4.69, 9.17) is 5.11 Å². The summed E-state index contributed by atoms with van der Waals surface area (Å²) in [6, 6.07) is 16.8. The minimum absolute atomic E-state index is 0.322. The van der Waals surface area contributed by atoms with Gasteiger partial charge in [-0.1, -0.05) is 73.0 Å². The number of para-hydroxylation sites is 1. The summed E-state index contributed by atoms with van der Waals surface area (Å²) in [7, 11) is 0. The van der Waals surface area contributed by atoms with E-state index >= 15 is 0 Å². The number of halogens is 1. The van der Waals surface area contributed by atoms with Crippen molar-refractivity contribution < 1.29 is 10.2 Å². The van der Waals surface area contributed by atoms with Gasteiger partial charge in [0.25, 0.3) is 0 Å². The molecule has 0 spiro atoms. The Morgan fingerprint density at radius 2 is 1.08 bits per heavy atom. The molecule has 0 radical (unpaired) electrons. The maximum absolute atomic E-state index is 9.54.